The number of rotatable bonds is 3. The van der Waals surface area contributed by atoms with Gasteiger partial charge in [0.15, 0.2) is 5.78 Å². The fourth-order valence-corrected chi connectivity index (χ4v) is 2.38. The third-order valence-electron chi connectivity index (χ3n) is 3.38. The minimum Gasteiger partial charge on any atom is -0.368 e. The van der Waals surface area contributed by atoms with E-state index >= 15 is 0 Å². The average Bonchev–Trinajstić information content (AvgIpc) is 3.01. The van der Waals surface area contributed by atoms with Gasteiger partial charge in [-0.1, -0.05) is 48.0 Å². The highest BCUT2D eigenvalue weighted by molar-refractivity contribution is 6.16. The lowest BCUT2D eigenvalue weighted by atomic mass is 9.96. The Morgan fingerprint density at radius 3 is 2.65 bits per heavy atom. The van der Waals surface area contributed by atoms with Crippen LogP contribution in [0, 0.1) is 6.92 Å². The first-order valence-corrected chi connectivity index (χ1v) is 6.75. The number of amidine groups is 1. The second-order valence-corrected chi connectivity index (χ2v) is 4.90. The van der Waals surface area contributed by atoms with Gasteiger partial charge >= 0.3 is 0 Å². The van der Waals surface area contributed by atoms with Gasteiger partial charge in [0.25, 0.3) is 0 Å². The maximum atomic E-state index is 12.7. The number of hydrogen-bond acceptors (Lipinski definition) is 3. The molecule has 0 bridgehead atoms. The van der Waals surface area contributed by atoms with Gasteiger partial charge in [0, 0.05) is 23.2 Å². The van der Waals surface area contributed by atoms with Crippen molar-refractivity contribution in [1.29, 1.82) is 0 Å². The molecule has 0 spiro atoms. The van der Waals surface area contributed by atoms with Crippen LogP contribution in [0.2, 0.25) is 0 Å². The van der Waals surface area contributed by atoms with E-state index in [1.807, 2.05) is 55.5 Å². The lowest BCUT2D eigenvalue weighted by Crippen LogP contribution is -2.22. The molecular weight excluding hydrogens is 248 g/mol. The number of nitrogens with one attached hydrogen (secondary N) is 1. The van der Waals surface area contributed by atoms with Crippen LogP contribution in [0.15, 0.2) is 53.5 Å². The Hall–Kier alpha value is -2.42. The van der Waals surface area contributed by atoms with Crippen LogP contribution in [0.25, 0.3) is 0 Å². The van der Waals surface area contributed by atoms with Gasteiger partial charge in [-0.15, -0.1) is 0 Å². The van der Waals surface area contributed by atoms with Crippen LogP contribution in [-0.2, 0) is 0 Å². The molecule has 0 saturated heterocycles. The van der Waals surface area contributed by atoms with E-state index in [1.54, 1.807) is 0 Å². The Labute approximate surface area is 118 Å². The van der Waals surface area contributed by atoms with E-state index in [1.165, 1.54) is 0 Å². The average molecular weight is 264 g/mol. The topological polar surface area (TPSA) is 41.5 Å². The number of benzene rings is 2. The molecule has 0 atom stereocenters. The maximum absolute atomic E-state index is 12.7. The number of aryl methyl sites for hydroxylation is 1. The number of carbonyl (C=O) groups is 1. The summed E-state index contributed by atoms with van der Waals surface area (Å²) in [7, 11) is 0. The van der Waals surface area contributed by atoms with Crippen molar-refractivity contribution in [2.24, 2.45) is 4.99 Å². The summed E-state index contributed by atoms with van der Waals surface area (Å²) >= 11 is 0. The maximum Gasteiger partial charge on any atom is 0.193 e. The highest BCUT2D eigenvalue weighted by Crippen LogP contribution is 2.18. The number of ketones is 1. The van der Waals surface area contributed by atoms with Crippen LogP contribution >= 0.6 is 0 Å². The first-order valence-electron chi connectivity index (χ1n) is 6.75. The van der Waals surface area contributed by atoms with Crippen molar-refractivity contribution in [3.05, 3.63) is 70.8 Å². The van der Waals surface area contributed by atoms with Crippen LogP contribution in [0.5, 0.6) is 0 Å². The molecule has 0 unspecified atom stereocenters. The second kappa shape index (κ2) is 5.29. The van der Waals surface area contributed by atoms with E-state index in [-0.39, 0.29) is 5.78 Å². The zero-order valence-electron chi connectivity index (χ0n) is 11.4. The van der Waals surface area contributed by atoms with E-state index in [9.17, 15) is 4.79 Å². The monoisotopic (exact) mass is 264 g/mol. The first-order chi connectivity index (χ1) is 9.75. The van der Waals surface area contributed by atoms with Crippen LogP contribution in [0.3, 0.4) is 0 Å². The lowest BCUT2D eigenvalue weighted by molar-refractivity contribution is 0.103. The molecule has 0 aliphatic carbocycles. The molecule has 0 saturated carbocycles. The Kier molecular flexibility index (Phi) is 3.33. The van der Waals surface area contributed by atoms with Crippen LogP contribution in [0.4, 0.5) is 0 Å². The minimum absolute atomic E-state index is 0.0389. The zero-order chi connectivity index (χ0) is 13.9. The predicted octanol–water partition coefficient (Wildman–Crippen LogP) is 2.58. The highest BCUT2D eigenvalue weighted by atomic mass is 16.1. The van der Waals surface area contributed by atoms with Crippen molar-refractivity contribution in [2.45, 2.75) is 6.92 Å². The minimum atomic E-state index is 0.0389. The van der Waals surface area contributed by atoms with E-state index in [2.05, 4.69) is 10.3 Å². The Morgan fingerprint density at radius 1 is 1.15 bits per heavy atom. The standard InChI is InChI=1S/C17H16N2O/c1-12-7-8-14(15(11-12)17-18-9-10-19-17)16(20)13-5-3-2-4-6-13/h2-8,11H,9-10H2,1H3,(H,18,19). The van der Waals surface area contributed by atoms with E-state index in [0.29, 0.717) is 11.1 Å². The zero-order valence-corrected chi connectivity index (χ0v) is 11.4. The molecule has 3 nitrogen and oxygen atoms in total. The number of aliphatic imine (C=N–C) groups is 1. The molecule has 0 fully saturated rings. The summed E-state index contributed by atoms with van der Waals surface area (Å²) in [5, 5.41) is 3.24. The molecule has 1 aliphatic rings. The van der Waals surface area contributed by atoms with Gasteiger partial charge in [0.2, 0.25) is 0 Å². The third-order valence-corrected chi connectivity index (χ3v) is 3.38. The molecule has 1 heterocycles. The molecule has 0 aromatic heterocycles. The van der Waals surface area contributed by atoms with Crippen molar-refractivity contribution in [3.63, 3.8) is 0 Å². The first kappa shape index (κ1) is 12.6. The molecule has 20 heavy (non-hydrogen) atoms. The molecule has 1 N–H and O–H groups in total. The van der Waals surface area contributed by atoms with Gasteiger partial charge < -0.3 is 5.32 Å². The van der Waals surface area contributed by atoms with Gasteiger partial charge in [0.1, 0.15) is 5.84 Å². The molecule has 1 aliphatic heterocycles. The number of carbonyl (C=O) groups excluding carboxylic acids is 1. The Bertz CT molecular complexity index is 675. The Balaban J connectivity index is 2.07. The summed E-state index contributed by atoms with van der Waals surface area (Å²) in [5.41, 5.74) is 3.43. The normalized spacial score (nSPS) is 13.8. The quantitative estimate of drug-likeness (QED) is 0.866. The van der Waals surface area contributed by atoms with Crippen LogP contribution in [0.1, 0.15) is 27.0 Å². The Morgan fingerprint density at radius 2 is 1.95 bits per heavy atom. The smallest absolute Gasteiger partial charge is 0.193 e. The van der Waals surface area contributed by atoms with Crippen molar-refractivity contribution in [2.75, 3.05) is 13.1 Å². The molecule has 2 aromatic rings. The predicted molar refractivity (Wildman–Crippen MR) is 80.5 cm³/mol. The molecule has 3 rings (SSSR count). The molecule has 100 valence electrons. The third kappa shape index (κ3) is 2.35. The van der Waals surface area contributed by atoms with Gasteiger partial charge in [-0.3, -0.25) is 9.79 Å². The fourth-order valence-electron chi connectivity index (χ4n) is 2.38. The van der Waals surface area contributed by atoms with E-state index in [4.69, 9.17) is 0 Å². The van der Waals surface area contributed by atoms with Crippen LogP contribution < -0.4 is 5.32 Å². The van der Waals surface area contributed by atoms with E-state index in [0.717, 1.165) is 30.1 Å². The number of nitrogens with zero attached hydrogens (tertiary/aromatic N) is 1. The summed E-state index contributed by atoms with van der Waals surface area (Å²) in [5.74, 6) is 0.866. The van der Waals surface area contributed by atoms with Crippen LogP contribution in [-0.4, -0.2) is 24.7 Å². The summed E-state index contributed by atoms with van der Waals surface area (Å²) in [6.45, 7) is 3.63. The van der Waals surface area contributed by atoms with Gasteiger partial charge in [-0.2, -0.15) is 0 Å². The highest BCUT2D eigenvalue weighted by Gasteiger charge is 2.18. The van der Waals surface area contributed by atoms with Crippen molar-refractivity contribution < 1.29 is 4.79 Å². The second-order valence-electron chi connectivity index (χ2n) is 4.90. The van der Waals surface area contributed by atoms with Gasteiger partial charge in [-0.25, -0.2) is 0 Å². The molecule has 3 heteroatoms. The van der Waals surface area contributed by atoms with Crippen molar-refractivity contribution in [1.82, 2.24) is 5.32 Å². The number of hydrogen-bond donors (Lipinski definition) is 1. The molecule has 0 radical (unpaired) electrons. The fraction of sp³-hybridized carbons (Fsp3) is 0.176. The molecular formula is C17H16N2O. The van der Waals surface area contributed by atoms with Crippen molar-refractivity contribution in [3.8, 4) is 0 Å². The van der Waals surface area contributed by atoms with E-state index < -0.39 is 0 Å². The SMILES string of the molecule is Cc1ccc(C(=O)c2ccccc2)c(C2=NCCN2)c1. The molecule has 0 amide bonds. The summed E-state index contributed by atoms with van der Waals surface area (Å²) < 4.78 is 0. The molecule has 2 aromatic carbocycles. The largest absolute Gasteiger partial charge is 0.368 e. The summed E-state index contributed by atoms with van der Waals surface area (Å²) in [4.78, 5) is 17.1. The lowest BCUT2D eigenvalue weighted by Gasteiger charge is -2.10. The van der Waals surface area contributed by atoms with Gasteiger partial charge in [-0.05, 0) is 13.0 Å². The summed E-state index contributed by atoms with van der Waals surface area (Å²) in [6.07, 6.45) is 0. The summed E-state index contributed by atoms with van der Waals surface area (Å²) in [6, 6.07) is 15.2. The van der Waals surface area contributed by atoms with Gasteiger partial charge in [0.05, 0.1) is 6.54 Å². The van der Waals surface area contributed by atoms with Crippen molar-refractivity contribution >= 4 is 11.6 Å².